The molecule has 2 amide bonds. The highest BCUT2D eigenvalue weighted by atomic mass is 16.6. The standard InChI is InChI=1S/C15H32N4O4/c1-18(2,3)10-12-22-14(20)16-8-7-9-17-15(21)23-13-11-19(4,5)6/h7-13H2,1-6H3/p+2. The molecule has 0 aliphatic heterocycles. The van der Waals surface area contributed by atoms with Gasteiger partial charge in [0.1, 0.15) is 26.3 Å². The number of carbonyl (C=O) groups is 2. The van der Waals surface area contributed by atoms with E-state index < -0.39 is 12.2 Å². The van der Waals surface area contributed by atoms with E-state index in [1.807, 2.05) is 42.3 Å². The number of nitrogens with zero attached hydrogens (tertiary/aromatic N) is 2. The molecule has 23 heavy (non-hydrogen) atoms. The van der Waals surface area contributed by atoms with Crippen LogP contribution in [0, 0.1) is 0 Å². The van der Waals surface area contributed by atoms with Gasteiger partial charge in [0, 0.05) is 13.1 Å². The first kappa shape index (κ1) is 21.5. The number of nitrogens with one attached hydrogen (secondary N) is 2. The van der Waals surface area contributed by atoms with Crippen molar-refractivity contribution >= 4 is 12.2 Å². The topological polar surface area (TPSA) is 76.7 Å². The third-order valence-electron chi connectivity index (χ3n) is 2.88. The van der Waals surface area contributed by atoms with Gasteiger partial charge in [-0.05, 0) is 6.42 Å². The summed E-state index contributed by atoms with van der Waals surface area (Å²) >= 11 is 0. The van der Waals surface area contributed by atoms with Crippen molar-refractivity contribution in [2.24, 2.45) is 0 Å². The second-order valence-electron chi connectivity index (χ2n) is 7.51. The van der Waals surface area contributed by atoms with Crippen molar-refractivity contribution in [2.75, 3.05) is 81.7 Å². The average Bonchev–Trinajstić information content (AvgIpc) is 2.35. The van der Waals surface area contributed by atoms with Crippen molar-refractivity contribution in [3.8, 4) is 0 Å². The number of likely N-dealkylation sites (N-methyl/N-ethyl adjacent to an activating group) is 2. The predicted octanol–water partition coefficient (Wildman–Crippen LogP) is 0.241. The number of rotatable bonds is 10. The molecule has 0 unspecified atom stereocenters. The van der Waals surface area contributed by atoms with Crippen molar-refractivity contribution in [3.63, 3.8) is 0 Å². The predicted molar refractivity (Wildman–Crippen MR) is 89.1 cm³/mol. The Balaban J connectivity index is 3.51. The third kappa shape index (κ3) is 16.7. The highest BCUT2D eigenvalue weighted by molar-refractivity contribution is 5.67. The fraction of sp³-hybridized carbons (Fsp3) is 0.867. The molecule has 0 atom stereocenters. The Morgan fingerprint density at radius 3 is 1.39 bits per heavy atom. The summed E-state index contributed by atoms with van der Waals surface area (Å²) in [4.78, 5) is 22.8. The molecule has 0 aromatic carbocycles. The van der Waals surface area contributed by atoms with Crippen LogP contribution in [0.3, 0.4) is 0 Å². The number of amides is 2. The van der Waals surface area contributed by atoms with Crippen molar-refractivity contribution in [2.45, 2.75) is 6.42 Å². The minimum Gasteiger partial charge on any atom is -0.444 e. The summed E-state index contributed by atoms with van der Waals surface area (Å²) in [5.41, 5.74) is 0. The van der Waals surface area contributed by atoms with Crippen LogP contribution in [0.5, 0.6) is 0 Å². The summed E-state index contributed by atoms with van der Waals surface area (Å²) in [5, 5.41) is 5.29. The molecule has 8 nitrogen and oxygen atoms in total. The molecule has 0 saturated heterocycles. The number of ether oxygens (including phenoxy) is 2. The quantitative estimate of drug-likeness (QED) is 0.443. The summed E-state index contributed by atoms with van der Waals surface area (Å²) in [6, 6.07) is 0. The molecule has 0 bridgehead atoms. The molecule has 0 radical (unpaired) electrons. The molecule has 0 aromatic rings. The maximum atomic E-state index is 11.4. The van der Waals surface area contributed by atoms with Gasteiger partial charge >= 0.3 is 12.2 Å². The van der Waals surface area contributed by atoms with E-state index in [-0.39, 0.29) is 0 Å². The van der Waals surface area contributed by atoms with Crippen LogP contribution >= 0.6 is 0 Å². The van der Waals surface area contributed by atoms with Crippen molar-refractivity contribution in [1.29, 1.82) is 0 Å². The summed E-state index contributed by atoms with van der Waals surface area (Å²) < 4.78 is 11.6. The van der Waals surface area contributed by atoms with Gasteiger partial charge in [-0.1, -0.05) is 0 Å². The molecule has 0 aliphatic carbocycles. The van der Waals surface area contributed by atoms with Gasteiger partial charge in [0.2, 0.25) is 0 Å². The molecule has 0 rings (SSSR count). The fourth-order valence-electron chi connectivity index (χ4n) is 1.40. The van der Waals surface area contributed by atoms with Gasteiger partial charge in [-0.3, -0.25) is 0 Å². The Morgan fingerprint density at radius 1 is 0.739 bits per heavy atom. The van der Waals surface area contributed by atoms with Crippen LogP contribution in [0.4, 0.5) is 9.59 Å². The molecule has 0 aromatic heterocycles. The largest absolute Gasteiger partial charge is 0.444 e. The van der Waals surface area contributed by atoms with Crippen LogP contribution in [0.1, 0.15) is 6.42 Å². The molecule has 2 N–H and O–H groups in total. The van der Waals surface area contributed by atoms with Gasteiger partial charge in [0.15, 0.2) is 0 Å². The van der Waals surface area contributed by atoms with Crippen molar-refractivity contribution in [1.82, 2.24) is 10.6 Å². The molecular formula is C15H34N4O4+2. The molecular weight excluding hydrogens is 300 g/mol. The molecule has 8 heteroatoms. The van der Waals surface area contributed by atoms with E-state index in [1.165, 1.54) is 0 Å². The van der Waals surface area contributed by atoms with Crippen LogP contribution < -0.4 is 10.6 Å². The lowest BCUT2D eigenvalue weighted by atomic mass is 10.4. The van der Waals surface area contributed by atoms with Crippen LogP contribution in [0.2, 0.25) is 0 Å². The first-order valence-electron chi connectivity index (χ1n) is 7.92. The second-order valence-corrected chi connectivity index (χ2v) is 7.51. The Hall–Kier alpha value is -1.54. The van der Waals surface area contributed by atoms with Gasteiger partial charge < -0.3 is 29.1 Å². The van der Waals surface area contributed by atoms with E-state index in [4.69, 9.17) is 9.47 Å². The van der Waals surface area contributed by atoms with Gasteiger partial charge in [0.25, 0.3) is 0 Å². The lowest BCUT2D eigenvalue weighted by Crippen LogP contribution is -2.39. The van der Waals surface area contributed by atoms with E-state index >= 15 is 0 Å². The van der Waals surface area contributed by atoms with Crippen molar-refractivity contribution in [3.05, 3.63) is 0 Å². The van der Waals surface area contributed by atoms with E-state index in [0.29, 0.717) is 32.7 Å². The maximum absolute atomic E-state index is 11.4. The second kappa shape index (κ2) is 10.3. The van der Waals surface area contributed by atoms with Gasteiger partial charge in [-0.2, -0.15) is 0 Å². The highest BCUT2D eigenvalue weighted by Crippen LogP contribution is 1.91. The minimum atomic E-state index is -0.427. The summed E-state index contributed by atoms with van der Waals surface area (Å²) in [5.74, 6) is 0. The van der Waals surface area contributed by atoms with E-state index in [1.54, 1.807) is 0 Å². The lowest BCUT2D eigenvalue weighted by molar-refractivity contribution is -0.870. The first-order chi connectivity index (χ1) is 10.5. The Morgan fingerprint density at radius 2 is 1.09 bits per heavy atom. The Labute approximate surface area is 139 Å². The van der Waals surface area contributed by atoms with E-state index in [0.717, 1.165) is 22.1 Å². The van der Waals surface area contributed by atoms with Crippen LogP contribution in [0.15, 0.2) is 0 Å². The number of carbonyl (C=O) groups excluding carboxylic acids is 2. The van der Waals surface area contributed by atoms with Crippen LogP contribution in [-0.2, 0) is 9.47 Å². The van der Waals surface area contributed by atoms with Crippen LogP contribution in [-0.4, -0.2) is 103 Å². The number of alkyl carbamates (subject to hydrolysis) is 2. The van der Waals surface area contributed by atoms with Gasteiger partial charge in [0.05, 0.1) is 42.3 Å². The fourth-order valence-corrected chi connectivity index (χ4v) is 1.40. The number of hydrogen-bond donors (Lipinski definition) is 2. The average molecular weight is 334 g/mol. The smallest absolute Gasteiger partial charge is 0.407 e. The molecule has 0 spiro atoms. The number of quaternary nitrogens is 2. The molecule has 0 heterocycles. The zero-order chi connectivity index (χ0) is 17.9. The molecule has 0 saturated carbocycles. The molecule has 0 aliphatic rings. The minimum absolute atomic E-state index is 0.381. The van der Waals surface area contributed by atoms with Gasteiger partial charge in [-0.15, -0.1) is 0 Å². The zero-order valence-electron chi connectivity index (χ0n) is 15.5. The summed E-state index contributed by atoms with van der Waals surface area (Å²) in [6.45, 7) is 3.17. The maximum Gasteiger partial charge on any atom is 0.407 e. The Kier molecular flexibility index (Phi) is 9.59. The zero-order valence-corrected chi connectivity index (χ0v) is 15.5. The summed E-state index contributed by atoms with van der Waals surface area (Å²) in [6.07, 6.45) is -0.234. The van der Waals surface area contributed by atoms with Crippen LogP contribution in [0.25, 0.3) is 0 Å². The van der Waals surface area contributed by atoms with E-state index in [2.05, 4.69) is 10.6 Å². The van der Waals surface area contributed by atoms with Gasteiger partial charge in [-0.25, -0.2) is 9.59 Å². The first-order valence-corrected chi connectivity index (χ1v) is 7.92. The summed E-state index contributed by atoms with van der Waals surface area (Å²) in [7, 11) is 12.2. The third-order valence-corrected chi connectivity index (χ3v) is 2.88. The Bertz CT molecular complexity index is 327. The lowest BCUT2D eigenvalue weighted by Gasteiger charge is -2.23. The SMILES string of the molecule is C[N+](C)(C)CCOC(=O)NCCCNC(=O)OCC[N+](C)(C)C. The van der Waals surface area contributed by atoms with E-state index in [9.17, 15) is 9.59 Å². The van der Waals surface area contributed by atoms with Crippen molar-refractivity contribution < 1.29 is 28.0 Å². The normalized spacial score (nSPS) is 11.7. The highest BCUT2D eigenvalue weighted by Gasteiger charge is 2.10. The number of hydrogen-bond acceptors (Lipinski definition) is 4. The molecule has 0 fully saturated rings. The monoisotopic (exact) mass is 334 g/mol. The molecule has 136 valence electrons.